The number of carbonyl (C=O) groups excluding carboxylic acids is 1. The number of oxazole rings is 1. The molecule has 0 unspecified atom stereocenters. The standard InChI is InChI=1S/C26H26FN5O3S/c1-14(2)25-31-22(17-4-6-18(27)7-5-17)23(35-25)24(33)32-26-30-20(13-36-26)21-15(3)8-16(10-29-21)9-28-19-11-34-12-19/h4-8,10,13-14,19,28H,9,11-12H2,1-3H3,(H,30,32,33). The molecule has 5 rings (SSSR count). The summed E-state index contributed by atoms with van der Waals surface area (Å²) in [5, 5.41) is 8.51. The van der Waals surface area contributed by atoms with Gasteiger partial charge in [-0.05, 0) is 42.3 Å². The Kier molecular flexibility index (Phi) is 6.90. The SMILES string of the molecule is Cc1cc(CNC2COC2)cnc1-c1csc(NC(=O)c2oc(C(C)C)nc2-c2ccc(F)cc2)n1. The lowest BCUT2D eigenvalue weighted by Gasteiger charge is -2.27. The van der Waals surface area contributed by atoms with Crippen molar-refractivity contribution in [1.29, 1.82) is 0 Å². The summed E-state index contributed by atoms with van der Waals surface area (Å²) in [7, 11) is 0. The lowest BCUT2D eigenvalue weighted by molar-refractivity contribution is -0.00579. The number of hydrogen-bond donors (Lipinski definition) is 2. The van der Waals surface area contributed by atoms with Gasteiger partial charge in [0.1, 0.15) is 17.2 Å². The monoisotopic (exact) mass is 507 g/mol. The Bertz CT molecular complexity index is 1380. The van der Waals surface area contributed by atoms with Gasteiger partial charge in [-0.3, -0.25) is 15.1 Å². The fourth-order valence-electron chi connectivity index (χ4n) is 3.75. The first kappa shape index (κ1) is 24.2. The highest BCUT2D eigenvalue weighted by molar-refractivity contribution is 7.14. The average molecular weight is 508 g/mol. The molecule has 0 bridgehead atoms. The lowest BCUT2D eigenvalue weighted by atomic mass is 10.1. The molecule has 1 aliphatic rings. The molecule has 2 N–H and O–H groups in total. The van der Waals surface area contributed by atoms with Gasteiger partial charge >= 0.3 is 0 Å². The number of anilines is 1. The van der Waals surface area contributed by atoms with Crippen LogP contribution in [0.25, 0.3) is 22.6 Å². The summed E-state index contributed by atoms with van der Waals surface area (Å²) in [6.45, 7) is 8.06. The maximum absolute atomic E-state index is 13.4. The van der Waals surface area contributed by atoms with E-state index in [2.05, 4.69) is 31.7 Å². The van der Waals surface area contributed by atoms with Crippen LogP contribution in [0, 0.1) is 12.7 Å². The molecule has 1 aromatic carbocycles. The van der Waals surface area contributed by atoms with Crippen LogP contribution >= 0.6 is 11.3 Å². The zero-order valence-electron chi connectivity index (χ0n) is 20.2. The summed E-state index contributed by atoms with van der Waals surface area (Å²) < 4.78 is 24.4. The lowest BCUT2D eigenvalue weighted by Crippen LogP contribution is -2.45. The highest BCUT2D eigenvalue weighted by Crippen LogP contribution is 2.30. The predicted octanol–water partition coefficient (Wildman–Crippen LogP) is 5.17. The number of halogens is 1. The van der Waals surface area contributed by atoms with E-state index < -0.39 is 5.91 Å². The number of aryl methyl sites for hydroxylation is 1. The molecule has 1 fully saturated rings. The summed E-state index contributed by atoms with van der Waals surface area (Å²) in [6.07, 6.45) is 1.84. The zero-order valence-corrected chi connectivity index (χ0v) is 21.0. The maximum Gasteiger partial charge on any atom is 0.295 e. The number of nitrogens with zero attached hydrogens (tertiary/aromatic N) is 3. The third-order valence-electron chi connectivity index (χ3n) is 5.80. The number of amides is 1. The van der Waals surface area contributed by atoms with Gasteiger partial charge < -0.3 is 14.5 Å². The minimum Gasteiger partial charge on any atom is -0.435 e. The topological polar surface area (TPSA) is 102 Å². The molecule has 0 aliphatic carbocycles. The van der Waals surface area contributed by atoms with Crippen LogP contribution in [0.2, 0.25) is 0 Å². The second-order valence-electron chi connectivity index (χ2n) is 9.01. The van der Waals surface area contributed by atoms with Crippen LogP contribution in [0.5, 0.6) is 0 Å². The first-order valence-corrected chi connectivity index (χ1v) is 12.6. The van der Waals surface area contributed by atoms with Crippen LogP contribution in [-0.2, 0) is 11.3 Å². The van der Waals surface area contributed by atoms with Gasteiger partial charge in [-0.15, -0.1) is 11.3 Å². The van der Waals surface area contributed by atoms with Crippen molar-refractivity contribution in [2.45, 2.75) is 39.3 Å². The van der Waals surface area contributed by atoms with Crippen LogP contribution in [0.15, 0.2) is 46.3 Å². The number of pyridine rings is 1. The molecule has 36 heavy (non-hydrogen) atoms. The van der Waals surface area contributed by atoms with E-state index in [0.717, 1.165) is 36.6 Å². The molecule has 186 valence electrons. The molecule has 4 aromatic rings. The smallest absolute Gasteiger partial charge is 0.295 e. The van der Waals surface area contributed by atoms with Crippen LogP contribution in [-0.4, -0.2) is 40.1 Å². The summed E-state index contributed by atoms with van der Waals surface area (Å²) >= 11 is 1.30. The molecule has 8 nitrogen and oxygen atoms in total. The normalized spacial score (nSPS) is 13.7. The number of benzene rings is 1. The fraction of sp³-hybridized carbons (Fsp3) is 0.308. The molecule has 0 spiro atoms. The molecule has 4 heterocycles. The summed E-state index contributed by atoms with van der Waals surface area (Å²) in [4.78, 5) is 26.8. The highest BCUT2D eigenvalue weighted by Gasteiger charge is 2.24. The van der Waals surface area contributed by atoms with Crippen LogP contribution in [0.1, 0.15) is 47.3 Å². The number of hydrogen-bond acceptors (Lipinski definition) is 8. The van der Waals surface area contributed by atoms with E-state index in [1.165, 1.54) is 23.5 Å². The van der Waals surface area contributed by atoms with E-state index in [1.54, 1.807) is 12.1 Å². The molecule has 1 saturated heterocycles. The van der Waals surface area contributed by atoms with Gasteiger partial charge in [0.2, 0.25) is 5.76 Å². The van der Waals surface area contributed by atoms with Gasteiger partial charge in [0.25, 0.3) is 5.91 Å². The molecule has 10 heteroatoms. The molecular weight excluding hydrogens is 481 g/mol. The van der Waals surface area contributed by atoms with Gasteiger partial charge in [-0.1, -0.05) is 19.9 Å². The Labute approximate surface area is 212 Å². The van der Waals surface area contributed by atoms with Crippen LogP contribution in [0.4, 0.5) is 9.52 Å². The first-order chi connectivity index (χ1) is 17.4. The van der Waals surface area contributed by atoms with E-state index >= 15 is 0 Å². The van der Waals surface area contributed by atoms with Crippen molar-refractivity contribution in [3.8, 4) is 22.6 Å². The number of aromatic nitrogens is 3. The van der Waals surface area contributed by atoms with Crippen LogP contribution in [0.3, 0.4) is 0 Å². The van der Waals surface area contributed by atoms with Crippen molar-refractivity contribution in [2.75, 3.05) is 18.5 Å². The van der Waals surface area contributed by atoms with Crippen molar-refractivity contribution in [2.24, 2.45) is 0 Å². The molecule has 0 saturated carbocycles. The van der Waals surface area contributed by atoms with E-state index in [0.29, 0.717) is 34.0 Å². The molecule has 0 radical (unpaired) electrons. The van der Waals surface area contributed by atoms with E-state index in [-0.39, 0.29) is 17.5 Å². The number of carbonyl (C=O) groups is 1. The molecular formula is C26H26FN5O3S. The van der Waals surface area contributed by atoms with Crippen molar-refractivity contribution in [3.63, 3.8) is 0 Å². The number of nitrogens with one attached hydrogen (secondary N) is 2. The fourth-order valence-corrected chi connectivity index (χ4v) is 4.44. The minimum atomic E-state index is -0.472. The Hall–Kier alpha value is -3.47. The second-order valence-corrected chi connectivity index (χ2v) is 9.87. The van der Waals surface area contributed by atoms with E-state index in [1.807, 2.05) is 32.3 Å². The largest absolute Gasteiger partial charge is 0.435 e. The highest BCUT2D eigenvalue weighted by atomic mass is 32.1. The van der Waals surface area contributed by atoms with Gasteiger partial charge in [-0.25, -0.2) is 14.4 Å². The van der Waals surface area contributed by atoms with Gasteiger partial charge in [-0.2, -0.15) is 0 Å². The minimum absolute atomic E-state index is 0.0218. The molecule has 3 aromatic heterocycles. The van der Waals surface area contributed by atoms with Crippen molar-refractivity contribution in [3.05, 3.63) is 70.5 Å². The Morgan fingerprint density at radius 3 is 2.64 bits per heavy atom. The molecule has 1 amide bonds. The van der Waals surface area contributed by atoms with Gasteiger partial charge in [0.05, 0.1) is 24.9 Å². The van der Waals surface area contributed by atoms with Gasteiger partial charge in [0.15, 0.2) is 11.0 Å². The zero-order chi connectivity index (χ0) is 25.2. The Morgan fingerprint density at radius 2 is 1.97 bits per heavy atom. The molecule has 1 aliphatic heterocycles. The van der Waals surface area contributed by atoms with Crippen molar-refractivity contribution in [1.82, 2.24) is 20.3 Å². The quantitative estimate of drug-likeness (QED) is 0.339. The second kappa shape index (κ2) is 10.3. The van der Waals surface area contributed by atoms with E-state index in [9.17, 15) is 9.18 Å². The molecule has 0 atom stereocenters. The van der Waals surface area contributed by atoms with Crippen LogP contribution < -0.4 is 10.6 Å². The number of thiazole rings is 1. The predicted molar refractivity (Wildman–Crippen MR) is 135 cm³/mol. The summed E-state index contributed by atoms with van der Waals surface area (Å²) in [6, 6.07) is 8.29. The number of rotatable bonds is 8. The van der Waals surface area contributed by atoms with E-state index in [4.69, 9.17) is 9.15 Å². The van der Waals surface area contributed by atoms with Crippen molar-refractivity contribution < 1.29 is 18.3 Å². The number of ether oxygens (including phenoxy) is 1. The van der Waals surface area contributed by atoms with Crippen molar-refractivity contribution >= 4 is 22.4 Å². The Balaban J connectivity index is 1.33. The summed E-state index contributed by atoms with van der Waals surface area (Å²) in [5.74, 6) is -0.371. The third kappa shape index (κ3) is 5.20. The maximum atomic E-state index is 13.4. The Morgan fingerprint density at radius 1 is 1.19 bits per heavy atom. The average Bonchev–Trinajstić information content (AvgIpc) is 3.46. The summed E-state index contributed by atoms with van der Waals surface area (Å²) in [5.41, 5.74) is 4.49. The first-order valence-electron chi connectivity index (χ1n) is 11.7. The van der Waals surface area contributed by atoms with Gasteiger partial charge in [0, 0.05) is 29.6 Å². The third-order valence-corrected chi connectivity index (χ3v) is 6.55.